The third kappa shape index (κ3) is 5.81. The van der Waals surface area contributed by atoms with Crippen molar-refractivity contribution in [2.24, 2.45) is 0 Å². The van der Waals surface area contributed by atoms with Gasteiger partial charge < -0.3 is 15.3 Å². The molecule has 1 heterocycles. The summed E-state index contributed by atoms with van der Waals surface area (Å²) in [5, 5.41) is 12.3. The molecule has 5 heteroatoms. The lowest BCUT2D eigenvalue weighted by molar-refractivity contribution is -0.120. The van der Waals surface area contributed by atoms with Crippen molar-refractivity contribution < 1.29 is 14.3 Å². The molecule has 2 N–H and O–H groups in total. The van der Waals surface area contributed by atoms with Crippen LogP contribution >= 0.6 is 0 Å². The van der Waals surface area contributed by atoms with Crippen molar-refractivity contribution in [3.05, 3.63) is 35.6 Å². The summed E-state index contributed by atoms with van der Waals surface area (Å²) >= 11 is 0. The van der Waals surface area contributed by atoms with Gasteiger partial charge in [-0.3, -0.25) is 4.79 Å². The number of aliphatic hydroxyl groups excluding tert-OH is 1. The highest BCUT2D eigenvalue weighted by Gasteiger charge is 2.16. The van der Waals surface area contributed by atoms with Gasteiger partial charge in [0.15, 0.2) is 0 Å². The third-order valence-electron chi connectivity index (χ3n) is 3.81. The van der Waals surface area contributed by atoms with Gasteiger partial charge in [-0.15, -0.1) is 0 Å². The number of likely N-dealkylation sites (tertiary alicyclic amines) is 1. The standard InChI is InChI=1S/C16H23FN2O2/c17-14-4-2-13(3-5-14)12-16(21)18-8-1-9-19-10-6-15(20)7-11-19/h2-5,15,20H,1,6-12H2,(H,18,21). The summed E-state index contributed by atoms with van der Waals surface area (Å²) in [6.45, 7) is 3.47. The predicted molar refractivity (Wildman–Crippen MR) is 79.4 cm³/mol. The van der Waals surface area contributed by atoms with Crippen molar-refractivity contribution >= 4 is 5.91 Å². The lowest BCUT2D eigenvalue weighted by atomic mass is 10.1. The molecule has 0 saturated carbocycles. The Morgan fingerprint density at radius 1 is 1.29 bits per heavy atom. The van der Waals surface area contributed by atoms with E-state index in [9.17, 15) is 14.3 Å². The number of piperidine rings is 1. The van der Waals surface area contributed by atoms with Crippen LogP contribution in [0.25, 0.3) is 0 Å². The molecule has 21 heavy (non-hydrogen) atoms. The van der Waals surface area contributed by atoms with Crippen molar-refractivity contribution in [1.82, 2.24) is 10.2 Å². The number of nitrogens with one attached hydrogen (secondary N) is 1. The lowest BCUT2D eigenvalue weighted by Gasteiger charge is -2.29. The summed E-state index contributed by atoms with van der Waals surface area (Å²) in [6, 6.07) is 6.00. The second-order valence-electron chi connectivity index (χ2n) is 5.58. The molecule has 1 aliphatic rings. The van der Waals surface area contributed by atoms with Gasteiger partial charge in [-0.1, -0.05) is 12.1 Å². The van der Waals surface area contributed by atoms with Crippen LogP contribution in [0.1, 0.15) is 24.8 Å². The maximum absolute atomic E-state index is 12.8. The van der Waals surface area contributed by atoms with Gasteiger partial charge in [0.25, 0.3) is 0 Å². The summed E-state index contributed by atoms with van der Waals surface area (Å²) in [7, 11) is 0. The van der Waals surface area contributed by atoms with Gasteiger partial charge in [-0.05, 0) is 43.5 Å². The fraction of sp³-hybridized carbons (Fsp3) is 0.562. The van der Waals surface area contributed by atoms with Gasteiger partial charge in [-0.25, -0.2) is 4.39 Å². The van der Waals surface area contributed by atoms with E-state index in [4.69, 9.17) is 0 Å². The molecule has 1 aromatic rings. The SMILES string of the molecule is O=C(Cc1ccc(F)cc1)NCCCN1CCC(O)CC1. The number of benzene rings is 1. The van der Waals surface area contributed by atoms with Crippen LogP contribution in [0.15, 0.2) is 24.3 Å². The van der Waals surface area contributed by atoms with Crippen LogP contribution in [0, 0.1) is 5.82 Å². The van der Waals surface area contributed by atoms with E-state index in [-0.39, 0.29) is 24.2 Å². The molecule has 0 radical (unpaired) electrons. The van der Waals surface area contributed by atoms with E-state index in [1.807, 2.05) is 0 Å². The Balaban J connectivity index is 1.58. The summed E-state index contributed by atoms with van der Waals surface area (Å²) in [5.74, 6) is -0.318. The number of hydrogen-bond donors (Lipinski definition) is 2. The number of rotatable bonds is 6. The zero-order chi connectivity index (χ0) is 15.1. The van der Waals surface area contributed by atoms with Gasteiger partial charge in [0, 0.05) is 19.6 Å². The monoisotopic (exact) mass is 294 g/mol. The number of carbonyl (C=O) groups is 1. The third-order valence-corrected chi connectivity index (χ3v) is 3.81. The van der Waals surface area contributed by atoms with Crippen LogP contribution < -0.4 is 5.32 Å². The first kappa shape index (κ1) is 15.9. The van der Waals surface area contributed by atoms with Gasteiger partial charge in [0.05, 0.1) is 12.5 Å². The summed E-state index contributed by atoms with van der Waals surface area (Å²) < 4.78 is 12.8. The number of carbonyl (C=O) groups excluding carboxylic acids is 1. The van der Waals surface area contributed by atoms with Crippen molar-refractivity contribution in [3.8, 4) is 0 Å². The molecule has 1 amide bonds. The van der Waals surface area contributed by atoms with Crippen LogP contribution in [-0.4, -0.2) is 48.2 Å². The Morgan fingerprint density at radius 3 is 2.62 bits per heavy atom. The molecule has 2 rings (SSSR count). The molecular formula is C16H23FN2O2. The smallest absolute Gasteiger partial charge is 0.224 e. The van der Waals surface area contributed by atoms with Gasteiger partial charge >= 0.3 is 0 Å². The van der Waals surface area contributed by atoms with E-state index >= 15 is 0 Å². The minimum absolute atomic E-state index is 0.0318. The first-order valence-electron chi connectivity index (χ1n) is 7.55. The average molecular weight is 294 g/mol. The molecule has 0 spiro atoms. The van der Waals surface area contributed by atoms with E-state index in [1.54, 1.807) is 12.1 Å². The van der Waals surface area contributed by atoms with E-state index in [0.717, 1.165) is 44.5 Å². The van der Waals surface area contributed by atoms with Crippen molar-refractivity contribution in [2.75, 3.05) is 26.2 Å². The van der Waals surface area contributed by atoms with E-state index < -0.39 is 0 Å². The Kier molecular flexibility index (Phi) is 6.14. The first-order chi connectivity index (χ1) is 10.1. The topological polar surface area (TPSA) is 52.6 Å². The highest BCUT2D eigenvalue weighted by molar-refractivity contribution is 5.78. The Labute approximate surface area is 125 Å². The largest absolute Gasteiger partial charge is 0.393 e. The van der Waals surface area contributed by atoms with E-state index in [1.165, 1.54) is 12.1 Å². The predicted octanol–water partition coefficient (Wildman–Crippen LogP) is 1.33. The zero-order valence-corrected chi connectivity index (χ0v) is 12.2. The molecule has 4 nitrogen and oxygen atoms in total. The molecule has 0 aliphatic carbocycles. The number of aliphatic hydroxyl groups is 1. The molecule has 1 fully saturated rings. The Hall–Kier alpha value is -1.46. The van der Waals surface area contributed by atoms with Gasteiger partial charge in [0.2, 0.25) is 5.91 Å². The number of nitrogens with zero attached hydrogens (tertiary/aromatic N) is 1. The minimum Gasteiger partial charge on any atom is -0.393 e. The maximum Gasteiger partial charge on any atom is 0.224 e. The van der Waals surface area contributed by atoms with Crippen LogP contribution in [0.2, 0.25) is 0 Å². The number of halogens is 1. The molecule has 0 unspecified atom stereocenters. The van der Waals surface area contributed by atoms with Crippen LogP contribution in [-0.2, 0) is 11.2 Å². The Morgan fingerprint density at radius 2 is 1.95 bits per heavy atom. The van der Waals surface area contributed by atoms with Crippen LogP contribution in [0.4, 0.5) is 4.39 Å². The fourth-order valence-corrected chi connectivity index (χ4v) is 2.52. The van der Waals surface area contributed by atoms with Gasteiger partial charge in [0.1, 0.15) is 5.82 Å². The first-order valence-corrected chi connectivity index (χ1v) is 7.55. The number of hydrogen-bond acceptors (Lipinski definition) is 3. The van der Waals surface area contributed by atoms with E-state index in [0.29, 0.717) is 6.54 Å². The maximum atomic E-state index is 12.8. The second kappa shape index (κ2) is 8.10. The Bertz CT molecular complexity index is 442. The van der Waals surface area contributed by atoms with Gasteiger partial charge in [-0.2, -0.15) is 0 Å². The van der Waals surface area contributed by atoms with E-state index in [2.05, 4.69) is 10.2 Å². The minimum atomic E-state index is -0.286. The molecule has 0 atom stereocenters. The van der Waals surface area contributed by atoms with Crippen LogP contribution in [0.5, 0.6) is 0 Å². The molecule has 0 bridgehead atoms. The molecule has 0 aromatic heterocycles. The zero-order valence-electron chi connectivity index (χ0n) is 12.2. The molecule has 116 valence electrons. The highest BCUT2D eigenvalue weighted by atomic mass is 19.1. The molecule has 1 saturated heterocycles. The quantitative estimate of drug-likeness (QED) is 0.778. The number of amides is 1. The fourth-order valence-electron chi connectivity index (χ4n) is 2.52. The normalized spacial score (nSPS) is 16.9. The highest BCUT2D eigenvalue weighted by Crippen LogP contribution is 2.09. The average Bonchev–Trinajstić information content (AvgIpc) is 2.48. The summed E-state index contributed by atoms with van der Waals surface area (Å²) in [6.07, 6.45) is 2.74. The summed E-state index contributed by atoms with van der Waals surface area (Å²) in [5.41, 5.74) is 0.818. The molecular weight excluding hydrogens is 271 g/mol. The second-order valence-corrected chi connectivity index (χ2v) is 5.58. The van der Waals surface area contributed by atoms with Crippen LogP contribution in [0.3, 0.4) is 0 Å². The molecule has 1 aliphatic heterocycles. The van der Waals surface area contributed by atoms with Crippen molar-refractivity contribution in [2.45, 2.75) is 31.8 Å². The van der Waals surface area contributed by atoms with Crippen molar-refractivity contribution in [1.29, 1.82) is 0 Å². The summed E-state index contributed by atoms with van der Waals surface area (Å²) in [4.78, 5) is 14.1. The lowest BCUT2D eigenvalue weighted by Crippen LogP contribution is -2.37. The van der Waals surface area contributed by atoms with Crippen molar-refractivity contribution in [3.63, 3.8) is 0 Å². The molecule has 1 aromatic carbocycles.